The fraction of sp³-hybridized carbons (Fsp3) is 0.250. The van der Waals surface area contributed by atoms with Crippen LogP contribution in [0.15, 0.2) is 48.5 Å². The Morgan fingerprint density at radius 1 is 1.05 bits per heavy atom. The van der Waals surface area contributed by atoms with Gasteiger partial charge in [0.15, 0.2) is 0 Å². The van der Waals surface area contributed by atoms with Crippen LogP contribution in [0.25, 0.3) is 0 Å². The molecular weight excluding hydrogens is 365 g/mol. The van der Waals surface area contributed by atoms with Crippen LogP contribution in [-0.4, -0.2) is 5.33 Å². The molecule has 0 saturated heterocycles. The van der Waals surface area contributed by atoms with Crippen LogP contribution >= 0.6 is 27.5 Å². The fourth-order valence-corrected chi connectivity index (χ4v) is 2.88. The Morgan fingerprint density at radius 2 is 1.71 bits per heavy atom. The monoisotopic (exact) mass is 376 g/mol. The Labute approximate surface area is 135 Å². The lowest BCUT2D eigenvalue weighted by Gasteiger charge is -2.16. The maximum atomic E-state index is 12.7. The van der Waals surface area contributed by atoms with Crippen molar-refractivity contribution in [2.75, 3.05) is 5.33 Å². The SMILES string of the molecule is FC(F)(F)c1cccc(CC(CBr)c2ccc(Cl)cc2)c1. The molecule has 112 valence electrons. The van der Waals surface area contributed by atoms with Crippen LogP contribution in [0.1, 0.15) is 22.6 Å². The van der Waals surface area contributed by atoms with Crippen LogP contribution < -0.4 is 0 Å². The minimum atomic E-state index is -4.31. The first kappa shape index (κ1) is 16.4. The van der Waals surface area contributed by atoms with Crippen LogP contribution in [-0.2, 0) is 12.6 Å². The van der Waals surface area contributed by atoms with E-state index in [4.69, 9.17) is 11.6 Å². The molecule has 0 N–H and O–H groups in total. The molecule has 2 aromatic rings. The summed E-state index contributed by atoms with van der Waals surface area (Å²) >= 11 is 9.29. The molecule has 2 rings (SSSR count). The van der Waals surface area contributed by atoms with Gasteiger partial charge in [0, 0.05) is 10.4 Å². The van der Waals surface area contributed by atoms with E-state index in [9.17, 15) is 13.2 Å². The predicted molar refractivity (Wildman–Crippen MR) is 83.1 cm³/mol. The maximum absolute atomic E-state index is 12.7. The zero-order valence-electron chi connectivity index (χ0n) is 11.0. The molecule has 0 aromatic heterocycles. The number of benzene rings is 2. The van der Waals surface area contributed by atoms with E-state index in [2.05, 4.69) is 15.9 Å². The lowest BCUT2D eigenvalue weighted by atomic mass is 9.93. The van der Waals surface area contributed by atoms with E-state index >= 15 is 0 Å². The van der Waals surface area contributed by atoms with Gasteiger partial charge in [-0.05, 0) is 41.7 Å². The van der Waals surface area contributed by atoms with Crippen molar-refractivity contribution in [3.05, 3.63) is 70.2 Å². The molecule has 5 heteroatoms. The van der Waals surface area contributed by atoms with Gasteiger partial charge in [-0.3, -0.25) is 0 Å². The van der Waals surface area contributed by atoms with Gasteiger partial charge in [-0.1, -0.05) is 57.9 Å². The average Bonchev–Trinajstić information content (AvgIpc) is 2.45. The predicted octanol–water partition coefficient (Wildman–Crippen LogP) is 6.08. The largest absolute Gasteiger partial charge is 0.416 e. The molecule has 2 aromatic carbocycles. The zero-order chi connectivity index (χ0) is 15.5. The highest BCUT2D eigenvalue weighted by Crippen LogP contribution is 2.31. The van der Waals surface area contributed by atoms with Crippen molar-refractivity contribution in [3.8, 4) is 0 Å². The number of rotatable bonds is 4. The van der Waals surface area contributed by atoms with Crippen molar-refractivity contribution >= 4 is 27.5 Å². The minimum Gasteiger partial charge on any atom is -0.166 e. The quantitative estimate of drug-likeness (QED) is 0.566. The van der Waals surface area contributed by atoms with E-state index in [0.29, 0.717) is 22.3 Å². The zero-order valence-corrected chi connectivity index (χ0v) is 13.3. The van der Waals surface area contributed by atoms with E-state index in [1.165, 1.54) is 12.1 Å². The average molecular weight is 378 g/mol. The van der Waals surface area contributed by atoms with Crippen molar-refractivity contribution in [2.24, 2.45) is 0 Å². The van der Waals surface area contributed by atoms with Crippen molar-refractivity contribution in [3.63, 3.8) is 0 Å². The van der Waals surface area contributed by atoms with E-state index < -0.39 is 11.7 Å². The highest BCUT2D eigenvalue weighted by Gasteiger charge is 2.30. The molecule has 1 unspecified atom stereocenters. The van der Waals surface area contributed by atoms with Gasteiger partial charge in [0.2, 0.25) is 0 Å². The summed E-state index contributed by atoms with van der Waals surface area (Å²) in [5, 5.41) is 1.32. The third kappa shape index (κ3) is 4.48. The molecule has 0 heterocycles. The molecule has 21 heavy (non-hydrogen) atoms. The second-order valence-electron chi connectivity index (χ2n) is 4.81. The fourth-order valence-electron chi connectivity index (χ4n) is 2.16. The van der Waals surface area contributed by atoms with E-state index in [1.807, 2.05) is 12.1 Å². The first-order valence-electron chi connectivity index (χ1n) is 6.37. The molecule has 0 nitrogen and oxygen atoms in total. The summed E-state index contributed by atoms with van der Waals surface area (Å²) in [6.45, 7) is 0. The first-order chi connectivity index (χ1) is 9.90. The van der Waals surface area contributed by atoms with Gasteiger partial charge in [0.25, 0.3) is 0 Å². The summed E-state index contributed by atoms with van der Waals surface area (Å²) in [5.41, 5.74) is 1.11. The summed E-state index contributed by atoms with van der Waals surface area (Å²) in [7, 11) is 0. The van der Waals surface area contributed by atoms with E-state index in [1.54, 1.807) is 18.2 Å². The highest BCUT2D eigenvalue weighted by atomic mass is 79.9. The topological polar surface area (TPSA) is 0 Å². The van der Waals surface area contributed by atoms with Crippen LogP contribution in [0.2, 0.25) is 5.02 Å². The molecule has 0 aliphatic carbocycles. The maximum Gasteiger partial charge on any atom is 0.416 e. The second kappa shape index (κ2) is 6.84. The Balaban J connectivity index is 2.21. The van der Waals surface area contributed by atoms with Crippen molar-refractivity contribution in [2.45, 2.75) is 18.5 Å². The summed E-state index contributed by atoms with van der Waals surface area (Å²) in [6, 6.07) is 12.9. The number of hydrogen-bond donors (Lipinski definition) is 0. The molecule has 0 saturated carbocycles. The van der Waals surface area contributed by atoms with Gasteiger partial charge in [-0.2, -0.15) is 13.2 Å². The summed E-state index contributed by atoms with van der Waals surface area (Å²) in [6.07, 6.45) is -3.77. The van der Waals surface area contributed by atoms with Crippen LogP contribution in [0.4, 0.5) is 13.2 Å². The highest BCUT2D eigenvalue weighted by molar-refractivity contribution is 9.09. The van der Waals surface area contributed by atoms with Gasteiger partial charge in [0.1, 0.15) is 0 Å². The van der Waals surface area contributed by atoms with Gasteiger partial charge in [-0.15, -0.1) is 0 Å². The van der Waals surface area contributed by atoms with Gasteiger partial charge >= 0.3 is 6.18 Å². The Bertz CT molecular complexity index is 593. The molecule has 1 atom stereocenters. The Hall–Kier alpha value is -1.00. The lowest BCUT2D eigenvalue weighted by Crippen LogP contribution is -2.08. The standard InChI is InChI=1S/C16H13BrClF3/c17-10-13(12-4-6-15(18)7-5-12)8-11-2-1-3-14(9-11)16(19,20)21/h1-7,9,13H,8,10H2. The van der Waals surface area contributed by atoms with Crippen LogP contribution in [0.5, 0.6) is 0 Å². The lowest BCUT2D eigenvalue weighted by molar-refractivity contribution is -0.137. The third-order valence-electron chi connectivity index (χ3n) is 3.26. The Kier molecular flexibility index (Phi) is 5.33. The molecule has 0 fully saturated rings. The molecule has 0 aliphatic heterocycles. The van der Waals surface area contributed by atoms with Gasteiger partial charge in [0.05, 0.1) is 5.56 Å². The van der Waals surface area contributed by atoms with E-state index in [-0.39, 0.29) is 5.92 Å². The Morgan fingerprint density at radius 3 is 2.29 bits per heavy atom. The number of halogens is 5. The minimum absolute atomic E-state index is 0.103. The summed E-state index contributed by atoms with van der Waals surface area (Å²) in [4.78, 5) is 0. The van der Waals surface area contributed by atoms with Crippen LogP contribution in [0.3, 0.4) is 0 Å². The van der Waals surface area contributed by atoms with E-state index in [0.717, 1.165) is 11.6 Å². The summed E-state index contributed by atoms with van der Waals surface area (Å²) in [5.74, 6) is 0.103. The van der Waals surface area contributed by atoms with Gasteiger partial charge in [-0.25, -0.2) is 0 Å². The number of alkyl halides is 4. The van der Waals surface area contributed by atoms with Crippen molar-refractivity contribution < 1.29 is 13.2 Å². The van der Waals surface area contributed by atoms with Crippen molar-refractivity contribution in [1.82, 2.24) is 0 Å². The molecular formula is C16H13BrClF3. The summed E-state index contributed by atoms with van der Waals surface area (Å²) < 4.78 is 38.2. The molecule has 0 aliphatic rings. The normalized spacial score (nSPS) is 13.2. The van der Waals surface area contributed by atoms with Gasteiger partial charge < -0.3 is 0 Å². The molecule has 0 radical (unpaired) electrons. The van der Waals surface area contributed by atoms with Crippen LogP contribution in [0, 0.1) is 0 Å². The molecule has 0 spiro atoms. The smallest absolute Gasteiger partial charge is 0.166 e. The molecule has 0 amide bonds. The third-order valence-corrected chi connectivity index (χ3v) is 4.30. The second-order valence-corrected chi connectivity index (χ2v) is 5.89. The molecule has 0 bridgehead atoms. The van der Waals surface area contributed by atoms with Crippen molar-refractivity contribution in [1.29, 1.82) is 0 Å². The number of hydrogen-bond acceptors (Lipinski definition) is 0. The first-order valence-corrected chi connectivity index (χ1v) is 7.87.